The summed E-state index contributed by atoms with van der Waals surface area (Å²) in [7, 11) is 0. The number of nitro benzene ring substituents is 1. The number of aromatic nitrogens is 2. The third kappa shape index (κ3) is 6.10. The van der Waals surface area contributed by atoms with Gasteiger partial charge < -0.3 is 9.30 Å². The number of amides is 1. The second-order valence-electron chi connectivity index (χ2n) is 7.03. The van der Waals surface area contributed by atoms with Crippen LogP contribution in [0, 0.1) is 10.1 Å². The van der Waals surface area contributed by atoms with Gasteiger partial charge in [0.1, 0.15) is 4.34 Å². The van der Waals surface area contributed by atoms with E-state index in [1.54, 1.807) is 34.9 Å². The molecule has 0 fully saturated rings. The Morgan fingerprint density at radius 3 is 2.61 bits per heavy atom. The molecule has 4 rings (SSSR count). The highest BCUT2D eigenvalue weighted by Gasteiger charge is 2.15. The molecule has 2 aromatic heterocycles. The molecule has 0 saturated heterocycles. The third-order valence-electron chi connectivity index (χ3n) is 4.59. The topological polar surface area (TPSA) is 99.3 Å². The Hall–Kier alpha value is -3.40. The third-order valence-corrected chi connectivity index (χ3v) is 5.88. The van der Waals surface area contributed by atoms with Crippen molar-refractivity contribution in [1.29, 1.82) is 0 Å². The van der Waals surface area contributed by atoms with Gasteiger partial charge in [0.15, 0.2) is 5.13 Å². The van der Waals surface area contributed by atoms with Gasteiger partial charge >= 0.3 is 6.09 Å². The van der Waals surface area contributed by atoms with Crippen LogP contribution in [0.1, 0.15) is 16.7 Å². The molecule has 168 valence electrons. The Morgan fingerprint density at radius 1 is 1.12 bits per heavy atom. The fourth-order valence-electron chi connectivity index (χ4n) is 3.17. The monoisotopic (exact) mass is 502 g/mol. The van der Waals surface area contributed by atoms with Crippen molar-refractivity contribution in [2.24, 2.45) is 0 Å². The minimum absolute atomic E-state index is 0.0121. The van der Waals surface area contributed by atoms with Crippen LogP contribution in [0.5, 0.6) is 5.88 Å². The van der Waals surface area contributed by atoms with Crippen molar-refractivity contribution < 1.29 is 14.5 Å². The maximum Gasteiger partial charge on any atom is 0.420 e. The van der Waals surface area contributed by atoms with Crippen molar-refractivity contribution in [2.75, 3.05) is 5.32 Å². The molecule has 1 N–H and O–H groups in total. The largest absolute Gasteiger partial charge is 0.420 e. The van der Waals surface area contributed by atoms with Crippen LogP contribution >= 0.6 is 34.5 Å². The van der Waals surface area contributed by atoms with Crippen molar-refractivity contribution in [3.63, 3.8) is 0 Å². The SMILES string of the molecule is O=C(Nc1ncc(Cl)s1)Oc1cc(Cc2ccc(Cl)cc2)cn1Cc1cccc([N+](=O)[O-])c1. The number of benzene rings is 2. The highest BCUT2D eigenvalue weighted by Crippen LogP contribution is 2.25. The average Bonchev–Trinajstić information content (AvgIpc) is 3.35. The van der Waals surface area contributed by atoms with Gasteiger partial charge in [0.05, 0.1) is 17.7 Å². The second-order valence-corrected chi connectivity index (χ2v) is 9.13. The smallest absolute Gasteiger partial charge is 0.393 e. The van der Waals surface area contributed by atoms with E-state index < -0.39 is 11.0 Å². The summed E-state index contributed by atoms with van der Waals surface area (Å²) in [6.45, 7) is 0.272. The molecule has 2 aromatic carbocycles. The van der Waals surface area contributed by atoms with Crippen LogP contribution in [0.3, 0.4) is 0 Å². The Morgan fingerprint density at radius 2 is 1.91 bits per heavy atom. The van der Waals surface area contributed by atoms with E-state index in [0.29, 0.717) is 26.5 Å². The number of non-ortho nitro benzene ring substituents is 1. The fraction of sp³-hybridized carbons (Fsp3) is 0.0909. The maximum absolute atomic E-state index is 12.4. The number of rotatable bonds is 7. The number of thiazole rings is 1. The number of carbonyl (C=O) groups is 1. The van der Waals surface area contributed by atoms with E-state index in [4.69, 9.17) is 27.9 Å². The highest BCUT2D eigenvalue weighted by atomic mass is 35.5. The van der Waals surface area contributed by atoms with Gasteiger partial charge in [-0.05, 0) is 35.2 Å². The van der Waals surface area contributed by atoms with E-state index in [9.17, 15) is 14.9 Å². The summed E-state index contributed by atoms with van der Waals surface area (Å²) in [6.07, 6.45) is 3.13. The van der Waals surface area contributed by atoms with Crippen molar-refractivity contribution in [1.82, 2.24) is 9.55 Å². The normalized spacial score (nSPS) is 10.7. The molecule has 2 heterocycles. The van der Waals surface area contributed by atoms with Crippen LogP contribution in [0.2, 0.25) is 9.36 Å². The van der Waals surface area contributed by atoms with Gasteiger partial charge in [-0.25, -0.2) is 9.78 Å². The molecule has 0 radical (unpaired) electrons. The molecule has 0 unspecified atom stereocenters. The van der Waals surface area contributed by atoms with Gasteiger partial charge in [-0.3, -0.25) is 15.4 Å². The lowest BCUT2D eigenvalue weighted by atomic mass is 10.1. The summed E-state index contributed by atoms with van der Waals surface area (Å²) >= 11 is 12.9. The molecule has 0 aliphatic heterocycles. The van der Waals surface area contributed by atoms with Gasteiger partial charge in [0, 0.05) is 29.4 Å². The number of halogens is 2. The fourth-order valence-corrected chi connectivity index (χ4v) is 4.10. The molecule has 0 bridgehead atoms. The molecule has 0 spiro atoms. The number of hydrogen-bond acceptors (Lipinski definition) is 6. The summed E-state index contributed by atoms with van der Waals surface area (Å²) in [6, 6.07) is 15.5. The zero-order valence-electron chi connectivity index (χ0n) is 16.9. The number of carbonyl (C=O) groups excluding carboxylic acids is 1. The number of nitrogens with one attached hydrogen (secondary N) is 1. The van der Waals surface area contributed by atoms with Crippen LogP contribution in [0.25, 0.3) is 0 Å². The number of nitro groups is 1. The minimum Gasteiger partial charge on any atom is -0.393 e. The molecule has 1 amide bonds. The quantitative estimate of drug-likeness (QED) is 0.232. The summed E-state index contributed by atoms with van der Waals surface area (Å²) < 4.78 is 7.68. The standard InChI is InChI=1S/C22H16Cl2N4O4S/c23-17-6-4-14(5-7-17)8-16-10-20(32-22(29)26-21-25-11-19(24)33-21)27(13-16)12-15-2-1-3-18(9-15)28(30)31/h1-7,9-11,13H,8,12H2,(H,25,26,29). The van der Waals surface area contributed by atoms with Gasteiger partial charge in [-0.1, -0.05) is 58.8 Å². The van der Waals surface area contributed by atoms with Crippen molar-refractivity contribution in [3.05, 3.63) is 103 Å². The lowest BCUT2D eigenvalue weighted by molar-refractivity contribution is -0.384. The predicted octanol–water partition coefficient (Wildman–Crippen LogP) is 6.41. The molecule has 0 aliphatic rings. The number of ether oxygens (including phenoxy) is 1. The molecule has 0 saturated carbocycles. The zero-order chi connectivity index (χ0) is 23.4. The van der Waals surface area contributed by atoms with Crippen LogP contribution in [0.15, 0.2) is 67.0 Å². The predicted molar refractivity (Wildman–Crippen MR) is 128 cm³/mol. The Labute approximate surface area is 202 Å². The molecule has 0 atom stereocenters. The highest BCUT2D eigenvalue weighted by molar-refractivity contribution is 7.19. The summed E-state index contributed by atoms with van der Waals surface area (Å²) in [4.78, 5) is 27.1. The van der Waals surface area contributed by atoms with E-state index in [-0.39, 0.29) is 18.1 Å². The van der Waals surface area contributed by atoms with Gasteiger partial charge in [0.2, 0.25) is 5.88 Å². The maximum atomic E-state index is 12.4. The van der Waals surface area contributed by atoms with Gasteiger partial charge in [0.25, 0.3) is 5.69 Å². The first kappa shape index (κ1) is 22.8. The van der Waals surface area contributed by atoms with Crippen LogP contribution in [-0.4, -0.2) is 20.6 Å². The summed E-state index contributed by atoms with van der Waals surface area (Å²) in [5.41, 5.74) is 2.60. The van der Waals surface area contributed by atoms with Crippen LogP contribution in [0.4, 0.5) is 15.6 Å². The van der Waals surface area contributed by atoms with Crippen LogP contribution in [-0.2, 0) is 13.0 Å². The van der Waals surface area contributed by atoms with E-state index in [0.717, 1.165) is 22.5 Å². The van der Waals surface area contributed by atoms with Crippen molar-refractivity contribution >= 4 is 51.5 Å². The van der Waals surface area contributed by atoms with E-state index in [2.05, 4.69) is 10.3 Å². The molecule has 33 heavy (non-hydrogen) atoms. The van der Waals surface area contributed by atoms with E-state index >= 15 is 0 Å². The second kappa shape index (κ2) is 10.0. The van der Waals surface area contributed by atoms with Crippen molar-refractivity contribution in [3.8, 4) is 5.88 Å². The number of anilines is 1. The summed E-state index contributed by atoms with van der Waals surface area (Å²) in [5, 5.41) is 14.6. The lowest BCUT2D eigenvalue weighted by Gasteiger charge is -2.09. The minimum atomic E-state index is -0.725. The van der Waals surface area contributed by atoms with Crippen molar-refractivity contribution in [2.45, 2.75) is 13.0 Å². The van der Waals surface area contributed by atoms with Gasteiger partial charge in [-0.2, -0.15) is 0 Å². The number of hydrogen-bond donors (Lipinski definition) is 1. The first-order valence-electron chi connectivity index (χ1n) is 9.63. The zero-order valence-corrected chi connectivity index (χ0v) is 19.2. The molecule has 4 aromatic rings. The van der Waals surface area contributed by atoms with Crippen LogP contribution < -0.4 is 10.1 Å². The first-order chi connectivity index (χ1) is 15.9. The first-order valence-corrected chi connectivity index (χ1v) is 11.2. The summed E-state index contributed by atoms with van der Waals surface area (Å²) in [5.74, 6) is 0.283. The van der Waals surface area contributed by atoms with E-state index in [1.807, 2.05) is 18.3 Å². The Bertz CT molecular complexity index is 1300. The molecular weight excluding hydrogens is 487 g/mol. The molecule has 0 aliphatic carbocycles. The number of nitrogens with zero attached hydrogens (tertiary/aromatic N) is 3. The molecule has 11 heteroatoms. The molecule has 8 nitrogen and oxygen atoms in total. The van der Waals surface area contributed by atoms with E-state index in [1.165, 1.54) is 18.3 Å². The molecular formula is C22H16Cl2N4O4S. The van der Waals surface area contributed by atoms with Gasteiger partial charge in [-0.15, -0.1) is 0 Å². The lowest BCUT2D eigenvalue weighted by Crippen LogP contribution is -2.18. The average molecular weight is 503 g/mol. The Balaban J connectivity index is 1.58. The Kier molecular flexibility index (Phi) is 6.93.